The van der Waals surface area contributed by atoms with E-state index in [2.05, 4.69) is 33.0 Å². The van der Waals surface area contributed by atoms with Crippen molar-refractivity contribution < 1.29 is 9.47 Å². The molecular formula is C16H27NO2. The van der Waals surface area contributed by atoms with Gasteiger partial charge in [0.05, 0.1) is 14.2 Å². The highest BCUT2D eigenvalue weighted by molar-refractivity contribution is 5.40. The van der Waals surface area contributed by atoms with Crippen molar-refractivity contribution in [1.29, 1.82) is 0 Å². The van der Waals surface area contributed by atoms with Crippen LogP contribution in [0, 0.1) is 11.3 Å². The molecule has 3 heteroatoms. The molecular weight excluding hydrogens is 238 g/mol. The third kappa shape index (κ3) is 4.43. The minimum absolute atomic E-state index is 0.291. The Kier molecular flexibility index (Phi) is 5.67. The molecule has 0 aromatic heterocycles. The summed E-state index contributed by atoms with van der Waals surface area (Å²) in [5.41, 5.74) is 1.45. The predicted molar refractivity (Wildman–Crippen MR) is 79.9 cm³/mol. The van der Waals surface area contributed by atoms with Crippen molar-refractivity contribution in [3.8, 4) is 11.5 Å². The molecule has 0 saturated heterocycles. The van der Waals surface area contributed by atoms with Crippen LogP contribution in [0.4, 0.5) is 0 Å². The third-order valence-corrected chi connectivity index (χ3v) is 3.95. The predicted octanol–water partition coefficient (Wildman–Crippen LogP) is 3.48. The van der Waals surface area contributed by atoms with E-state index < -0.39 is 0 Å². The monoisotopic (exact) mass is 265 g/mol. The molecule has 0 atom stereocenters. The Morgan fingerprint density at radius 2 is 1.84 bits per heavy atom. The van der Waals surface area contributed by atoms with Crippen molar-refractivity contribution >= 4 is 0 Å². The number of hydrogen-bond donors (Lipinski definition) is 1. The van der Waals surface area contributed by atoms with Gasteiger partial charge in [-0.3, -0.25) is 0 Å². The van der Waals surface area contributed by atoms with E-state index in [-0.39, 0.29) is 0 Å². The van der Waals surface area contributed by atoms with Crippen LogP contribution in [0.5, 0.6) is 11.5 Å². The Morgan fingerprint density at radius 1 is 1.16 bits per heavy atom. The Hall–Kier alpha value is -1.22. The van der Waals surface area contributed by atoms with E-state index in [9.17, 15) is 0 Å². The Morgan fingerprint density at radius 3 is 2.37 bits per heavy atom. The lowest BCUT2D eigenvalue weighted by Gasteiger charge is -2.29. The van der Waals surface area contributed by atoms with Crippen LogP contribution in [0.25, 0.3) is 0 Å². The maximum Gasteiger partial charge on any atom is 0.127 e. The maximum atomic E-state index is 5.40. The summed E-state index contributed by atoms with van der Waals surface area (Å²) in [4.78, 5) is 0. The molecule has 0 radical (unpaired) electrons. The molecule has 0 unspecified atom stereocenters. The van der Waals surface area contributed by atoms with E-state index in [1.807, 2.05) is 18.2 Å². The lowest BCUT2D eigenvalue weighted by Crippen LogP contribution is -2.33. The molecule has 1 aromatic carbocycles. The van der Waals surface area contributed by atoms with Crippen LogP contribution in [0.2, 0.25) is 0 Å². The fraction of sp³-hybridized carbons (Fsp3) is 0.625. The van der Waals surface area contributed by atoms with Crippen molar-refractivity contribution in [1.82, 2.24) is 5.32 Å². The zero-order valence-electron chi connectivity index (χ0n) is 13.0. The molecule has 3 nitrogen and oxygen atoms in total. The molecule has 0 aliphatic carbocycles. The summed E-state index contributed by atoms with van der Waals surface area (Å²) >= 11 is 0. The SMILES string of the molecule is COc1ccc(CNCC(C)(C)C(C)C)c(OC)c1. The van der Waals surface area contributed by atoms with Gasteiger partial charge in [-0.1, -0.05) is 33.8 Å². The first kappa shape index (κ1) is 15.8. The minimum atomic E-state index is 0.291. The van der Waals surface area contributed by atoms with Crippen LogP contribution < -0.4 is 14.8 Å². The Labute approximate surface area is 117 Å². The second-order valence-electron chi connectivity index (χ2n) is 5.92. The number of rotatable bonds is 7. The highest BCUT2D eigenvalue weighted by atomic mass is 16.5. The standard InChI is InChI=1S/C16H27NO2/c1-12(2)16(3,4)11-17-10-13-7-8-14(18-5)9-15(13)19-6/h7-9,12,17H,10-11H2,1-6H3. The maximum absolute atomic E-state index is 5.40. The van der Waals surface area contributed by atoms with Crippen molar-refractivity contribution in [3.63, 3.8) is 0 Å². The lowest BCUT2D eigenvalue weighted by atomic mass is 9.81. The van der Waals surface area contributed by atoms with Crippen LogP contribution in [0.1, 0.15) is 33.3 Å². The molecule has 1 rings (SSSR count). The molecule has 0 aliphatic rings. The molecule has 1 aromatic rings. The number of methoxy groups -OCH3 is 2. The van der Waals surface area contributed by atoms with Gasteiger partial charge in [0.2, 0.25) is 0 Å². The van der Waals surface area contributed by atoms with Gasteiger partial charge in [-0.2, -0.15) is 0 Å². The fourth-order valence-corrected chi connectivity index (χ4v) is 1.72. The summed E-state index contributed by atoms with van der Waals surface area (Å²) in [5.74, 6) is 2.34. The summed E-state index contributed by atoms with van der Waals surface area (Å²) in [5, 5.41) is 3.51. The first-order valence-corrected chi connectivity index (χ1v) is 6.82. The van der Waals surface area contributed by atoms with E-state index in [0.717, 1.165) is 30.2 Å². The summed E-state index contributed by atoms with van der Waals surface area (Å²) in [7, 11) is 3.36. The summed E-state index contributed by atoms with van der Waals surface area (Å²) in [6, 6.07) is 5.94. The molecule has 0 aliphatic heterocycles. The molecule has 108 valence electrons. The minimum Gasteiger partial charge on any atom is -0.497 e. The first-order chi connectivity index (χ1) is 8.90. The second-order valence-corrected chi connectivity index (χ2v) is 5.92. The van der Waals surface area contributed by atoms with Gasteiger partial charge in [0.1, 0.15) is 11.5 Å². The van der Waals surface area contributed by atoms with Crippen LogP contribution >= 0.6 is 0 Å². The van der Waals surface area contributed by atoms with Gasteiger partial charge in [0.15, 0.2) is 0 Å². The fourth-order valence-electron chi connectivity index (χ4n) is 1.72. The highest BCUT2D eigenvalue weighted by Crippen LogP contribution is 2.26. The van der Waals surface area contributed by atoms with Gasteiger partial charge in [0, 0.05) is 24.7 Å². The molecule has 0 amide bonds. The molecule has 0 spiro atoms. The molecule has 1 N–H and O–H groups in total. The van der Waals surface area contributed by atoms with Crippen LogP contribution in [0.15, 0.2) is 18.2 Å². The topological polar surface area (TPSA) is 30.5 Å². The van der Waals surface area contributed by atoms with E-state index >= 15 is 0 Å². The summed E-state index contributed by atoms with van der Waals surface area (Å²) in [6.07, 6.45) is 0. The van der Waals surface area contributed by atoms with Crippen LogP contribution in [-0.2, 0) is 6.54 Å². The van der Waals surface area contributed by atoms with Crippen molar-refractivity contribution in [3.05, 3.63) is 23.8 Å². The zero-order chi connectivity index (χ0) is 14.5. The number of nitrogens with one attached hydrogen (secondary N) is 1. The Bertz CT molecular complexity index is 400. The van der Waals surface area contributed by atoms with E-state index in [4.69, 9.17) is 9.47 Å². The normalized spacial score (nSPS) is 11.7. The first-order valence-electron chi connectivity index (χ1n) is 6.82. The second kappa shape index (κ2) is 6.80. The van der Waals surface area contributed by atoms with Gasteiger partial charge in [-0.15, -0.1) is 0 Å². The largest absolute Gasteiger partial charge is 0.497 e. The van der Waals surface area contributed by atoms with Crippen molar-refractivity contribution in [2.24, 2.45) is 11.3 Å². The highest BCUT2D eigenvalue weighted by Gasteiger charge is 2.21. The average molecular weight is 265 g/mol. The van der Waals surface area contributed by atoms with Gasteiger partial charge in [-0.05, 0) is 17.4 Å². The quantitative estimate of drug-likeness (QED) is 0.819. The van der Waals surface area contributed by atoms with E-state index in [0.29, 0.717) is 11.3 Å². The van der Waals surface area contributed by atoms with Gasteiger partial charge in [0.25, 0.3) is 0 Å². The summed E-state index contributed by atoms with van der Waals surface area (Å²) < 4.78 is 10.6. The van der Waals surface area contributed by atoms with E-state index in [1.165, 1.54) is 0 Å². The molecule has 0 saturated carbocycles. The molecule has 0 heterocycles. The van der Waals surface area contributed by atoms with Crippen LogP contribution in [0.3, 0.4) is 0 Å². The molecule has 19 heavy (non-hydrogen) atoms. The summed E-state index contributed by atoms with van der Waals surface area (Å²) in [6.45, 7) is 10.9. The Balaban J connectivity index is 2.63. The smallest absolute Gasteiger partial charge is 0.127 e. The number of benzene rings is 1. The van der Waals surface area contributed by atoms with Crippen LogP contribution in [-0.4, -0.2) is 20.8 Å². The number of hydrogen-bond acceptors (Lipinski definition) is 3. The molecule has 0 fully saturated rings. The lowest BCUT2D eigenvalue weighted by molar-refractivity contribution is 0.237. The van der Waals surface area contributed by atoms with Crippen molar-refractivity contribution in [2.45, 2.75) is 34.2 Å². The van der Waals surface area contributed by atoms with Crippen molar-refractivity contribution in [2.75, 3.05) is 20.8 Å². The zero-order valence-corrected chi connectivity index (χ0v) is 13.0. The van der Waals surface area contributed by atoms with Gasteiger partial charge < -0.3 is 14.8 Å². The van der Waals surface area contributed by atoms with Gasteiger partial charge >= 0.3 is 0 Å². The third-order valence-electron chi connectivity index (χ3n) is 3.95. The molecule has 0 bridgehead atoms. The number of ether oxygens (including phenoxy) is 2. The van der Waals surface area contributed by atoms with E-state index in [1.54, 1.807) is 14.2 Å². The average Bonchev–Trinajstić information content (AvgIpc) is 2.38. The van der Waals surface area contributed by atoms with Gasteiger partial charge in [-0.25, -0.2) is 0 Å².